The zero-order valence-electron chi connectivity index (χ0n) is 13.8. The first-order chi connectivity index (χ1) is 10.2. The van der Waals surface area contributed by atoms with Gasteiger partial charge in [0.05, 0.1) is 19.3 Å². The van der Waals surface area contributed by atoms with Crippen LogP contribution in [-0.4, -0.2) is 54.0 Å². The number of amides is 1. The Morgan fingerprint density at radius 1 is 1.45 bits per heavy atom. The van der Waals surface area contributed by atoms with Crippen LogP contribution in [0.4, 0.5) is 4.79 Å². The number of ether oxygens (including phenoxy) is 3. The molecule has 0 saturated carbocycles. The summed E-state index contributed by atoms with van der Waals surface area (Å²) in [6, 6.07) is 0. The summed E-state index contributed by atoms with van der Waals surface area (Å²) >= 11 is 0. The lowest BCUT2D eigenvalue weighted by molar-refractivity contribution is -0.154. The van der Waals surface area contributed by atoms with E-state index in [-0.39, 0.29) is 12.7 Å². The first-order valence-electron chi connectivity index (χ1n) is 7.68. The van der Waals surface area contributed by atoms with Crippen LogP contribution in [0.15, 0.2) is 12.2 Å². The van der Waals surface area contributed by atoms with Crippen molar-refractivity contribution < 1.29 is 23.8 Å². The Balaban J connectivity index is 2.30. The van der Waals surface area contributed by atoms with E-state index < -0.39 is 23.2 Å². The van der Waals surface area contributed by atoms with Gasteiger partial charge in [0, 0.05) is 13.0 Å². The second kappa shape index (κ2) is 5.91. The monoisotopic (exact) mass is 311 g/mol. The number of esters is 1. The van der Waals surface area contributed by atoms with Crippen LogP contribution in [0, 0.1) is 0 Å². The standard InChI is InChI=1S/C16H25NO5/c1-6-20-13(18)16(9-12-10-21-12)11(2)7-8-17(16)14(19)22-15(3,4)5/h12H,2,6-10H2,1,3-5H3/t12-,16?/m0/s1. The van der Waals surface area contributed by atoms with Crippen LogP contribution in [-0.2, 0) is 19.0 Å². The number of hydrogen-bond acceptors (Lipinski definition) is 5. The predicted molar refractivity (Wildman–Crippen MR) is 80.4 cm³/mol. The van der Waals surface area contributed by atoms with Crippen LogP contribution < -0.4 is 0 Å². The Kier molecular flexibility index (Phi) is 4.52. The molecule has 1 unspecified atom stereocenters. The third kappa shape index (κ3) is 3.27. The molecule has 0 radical (unpaired) electrons. The third-order valence-corrected chi connectivity index (χ3v) is 3.84. The molecule has 0 spiro atoms. The predicted octanol–water partition coefficient (Wildman–Crippen LogP) is 2.27. The molecular weight excluding hydrogens is 286 g/mol. The van der Waals surface area contributed by atoms with Gasteiger partial charge in [-0.3, -0.25) is 4.90 Å². The number of nitrogens with zero attached hydrogens (tertiary/aromatic N) is 1. The quantitative estimate of drug-likeness (QED) is 0.452. The summed E-state index contributed by atoms with van der Waals surface area (Å²) in [7, 11) is 0. The van der Waals surface area contributed by atoms with Gasteiger partial charge in [0.15, 0.2) is 5.54 Å². The first kappa shape index (κ1) is 16.8. The fourth-order valence-electron chi connectivity index (χ4n) is 2.76. The normalized spacial score (nSPS) is 27.7. The van der Waals surface area contributed by atoms with E-state index in [1.807, 2.05) is 0 Å². The fraction of sp³-hybridized carbons (Fsp3) is 0.750. The lowest BCUT2D eigenvalue weighted by Gasteiger charge is -2.37. The lowest BCUT2D eigenvalue weighted by atomic mass is 9.86. The maximum Gasteiger partial charge on any atom is 0.411 e. The largest absolute Gasteiger partial charge is 0.464 e. The second-order valence-electron chi connectivity index (χ2n) is 6.73. The Morgan fingerprint density at radius 2 is 2.09 bits per heavy atom. The van der Waals surface area contributed by atoms with Crippen molar-refractivity contribution in [3.8, 4) is 0 Å². The summed E-state index contributed by atoms with van der Waals surface area (Å²) in [5.41, 5.74) is -1.11. The minimum absolute atomic E-state index is 0.0378. The summed E-state index contributed by atoms with van der Waals surface area (Å²) in [6.07, 6.45) is 0.387. The van der Waals surface area contributed by atoms with Crippen molar-refractivity contribution in [1.82, 2.24) is 4.90 Å². The van der Waals surface area contributed by atoms with Gasteiger partial charge in [0.25, 0.3) is 0 Å². The number of likely N-dealkylation sites (tertiary alicyclic amines) is 1. The molecule has 2 aliphatic heterocycles. The number of carbonyl (C=O) groups excluding carboxylic acids is 2. The third-order valence-electron chi connectivity index (χ3n) is 3.84. The van der Waals surface area contributed by atoms with Gasteiger partial charge in [0.2, 0.25) is 0 Å². The SMILES string of the molecule is C=C1CCN(C(=O)OC(C)(C)C)C1(C[C@H]1CO1)C(=O)OCC. The maximum absolute atomic E-state index is 12.6. The molecule has 2 atom stereocenters. The van der Waals surface area contributed by atoms with Crippen molar-refractivity contribution in [2.75, 3.05) is 19.8 Å². The van der Waals surface area contributed by atoms with Gasteiger partial charge in [-0.2, -0.15) is 0 Å². The van der Waals surface area contributed by atoms with E-state index in [2.05, 4.69) is 6.58 Å². The average molecular weight is 311 g/mol. The van der Waals surface area contributed by atoms with Crippen LogP contribution in [0.1, 0.15) is 40.5 Å². The van der Waals surface area contributed by atoms with Crippen molar-refractivity contribution in [3.05, 3.63) is 12.2 Å². The maximum atomic E-state index is 12.6. The average Bonchev–Trinajstić information content (AvgIpc) is 3.12. The van der Waals surface area contributed by atoms with Gasteiger partial charge in [0.1, 0.15) is 5.60 Å². The van der Waals surface area contributed by atoms with Crippen molar-refractivity contribution in [2.45, 2.75) is 57.8 Å². The van der Waals surface area contributed by atoms with Gasteiger partial charge >= 0.3 is 12.1 Å². The van der Waals surface area contributed by atoms with E-state index in [1.165, 1.54) is 4.90 Å². The van der Waals surface area contributed by atoms with Gasteiger partial charge in [-0.05, 0) is 39.7 Å². The van der Waals surface area contributed by atoms with E-state index in [0.717, 1.165) is 0 Å². The zero-order valence-corrected chi connectivity index (χ0v) is 13.8. The van der Waals surface area contributed by atoms with Crippen LogP contribution in [0.3, 0.4) is 0 Å². The molecule has 124 valence electrons. The number of rotatable bonds is 4. The van der Waals surface area contributed by atoms with Gasteiger partial charge in [-0.25, -0.2) is 9.59 Å². The summed E-state index contributed by atoms with van der Waals surface area (Å²) in [5, 5.41) is 0. The summed E-state index contributed by atoms with van der Waals surface area (Å²) in [6.45, 7) is 12.4. The lowest BCUT2D eigenvalue weighted by Crippen LogP contribution is -2.56. The van der Waals surface area contributed by atoms with Crippen molar-refractivity contribution in [1.29, 1.82) is 0 Å². The van der Waals surface area contributed by atoms with Crippen molar-refractivity contribution >= 4 is 12.1 Å². The molecule has 2 aliphatic rings. The van der Waals surface area contributed by atoms with E-state index in [0.29, 0.717) is 31.6 Å². The molecule has 0 aromatic heterocycles. The highest BCUT2D eigenvalue weighted by atomic mass is 16.6. The van der Waals surface area contributed by atoms with Gasteiger partial charge < -0.3 is 14.2 Å². The smallest absolute Gasteiger partial charge is 0.411 e. The minimum atomic E-state index is -1.17. The van der Waals surface area contributed by atoms with Crippen molar-refractivity contribution in [3.63, 3.8) is 0 Å². The van der Waals surface area contributed by atoms with Crippen LogP contribution >= 0.6 is 0 Å². The van der Waals surface area contributed by atoms with Crippen LogP contribution in [0.2, 0.25) is 0 Å². The minimum Gasteiger partial charge on any atom is -0.464 e. The molecule has 2 heterocycles. The van der Waals surface area contributed by atoms with E-state index in [4.69, 9.17) is 14.2 Å². The highest BCUT2D eigenvalue weighted by Gasteiger charge is 2.57. The molecule has 0 N–H and O–H groups in total. The second-order valence-corrected chi connectivity index (χ2v) is 6.73. The Hall–Kier alpha value is -1.56. The van der Waals surface area contributed by atoms with Crippen molar-refractivity contribution in [2.24, 2.45) is 0 Å². The molecule has 22 heavy (non-hydrogen) atoms. The van der Waals surface area contributed by atoms with E-state index in [9.17, 15) is 9.59 Å². The molecule has 0 aliphatic carbocycles. The van der Waals surface area contributed by atoms with E-state index in [1.54, 1.807) is 27.7 Å². The molecular formula is C16H25NO5. The van der Waals surface area contributed by atoms with Crippen LogP contribution in [0.5, 0.6) is 0 Å². The molecule has 1 amide bonds. The van der Waals surface area contributed by atoms with E-state index >= 15 is 0 Å². The van der Waals surface area contributed by atoms with Gasteiger partial charge in [-0.1, -0.05) is 6.58 Å². The molecule has 0 bridgehead atoms. The molecule has 0 aromatic rings. The summed E-state index contributed by atoms with van der Waals surface area (Å²) in [5.74, 6) is -0.446. The number of epoxide rings is 1. The van der Waals surface area contributed by atoms with Crippen LogP contribution in [0.25, 0.3) is 0 Å². The number of carbonyl (C=O) groups is 2. The Bertz CT molecular complexity index is 477. The molecule has 2 fully saturated rings. The number of hydrogen-bond donors (Lipinski definition) is 0. The molecule has 6 nitrogen and oxygen atoms in total. The Morgan fingerprint density at radius 3 is 2.59 bits per heavy atom. The summed E-state index contributed by atoms with van der Waals surface area (Å²) < 4.78 is 16.0. The molecule has 0 aromatic carbocycles. The zero-order chi connectivity index (χ0) is 16.5. The highest BCUT2D eigenvalue weighted by Crippen LogP contribution is 2.41. The highest BCUT2D eigenvalue weighted by molar-refractivity contribution is 5.90. The summed E-state index contributed by atoms with van der Waals surface area (Å²) in [4.78, 5) is 26.6. The van der Waals surface area contributed by atoms with Gasteiger partial charge in [-0.15, -0.1) is 0 Å². The Labute approximate surface area is 131 Å². The first-order valence-corrected chi connectivity index (χ1v) is 7.68. The molecule has 2 saturated heterocycles. The molecule has 2 rings (SSSR count). The molecule has 6 heteroatoms. The topological polar surface area (TPSA) is 68.4 Å². The fourth-order valence-corrected chi connectivity index (χ4v) is 2.76.